The molecule has 0 aliphatic carbocycles. The summed E-state index contributed by atoms with van der Waals surface area (Å²) in [7, 11) is 3.48. The molecule has 0 aliphatic rings. The van der Waals surface area contributed by atoms with Crippen LogP contribution in [0.15, 0.2) is 54.6 Å². The van der Waals surface area contributed by atoms with Crippen molar-refractivity contribution in [1.82, 2.24) is 10.3 Å². The third-order valence-electron chi connectivity index (χ3n) is 4.07. The van der Waals surface area contributed by atoms with Gasteiger partial charge in [-0.2, -0.15) is 0 Å². The van der Waals surface area contributed by atoms with Crippen molar-refractivity contribution >= 4 is 16.6 Å². The number of aliphatic hydroxyl groups excluding tert-OH is 1. The van der Waals surface area contributed by atoms with Crippen LogP contribution in [-0.2, 0) is 0 Å². The van der Waals surface area contributed by atoms with E-state index < -0.39 is 6.10 Å². The van der Waals surface area contributed by atoms with Crippen molar-refractivity contribution < 1.29 is 9.84 Å². The lowest BCUT2D eigenvalue weighted by atomic mass is 10.1. The number of nitrogens with zero attached hydrogens (tertiary/aromatic N) is 1. The predicted molar refractivity (Wildman–Crippen MR) is 102 cm³/mol. The number of ether oxygens (including phenoxy) is 1. The maximum Gasteiger partial charge on any atom is 0.118 e. The van der Waals surface area contributed by atoms with Crippen molar-refractivity contribution in [2.24, 2.45) is 0 Å². The molecular formula is C20H23N3O2. The summed E-state index contributed by atoms with van der Waals surface area (Å²) in [6.07, 6.45) is -0.457. The zero-order valence-electron chi connectivity index (χ0n) is 14.5. The molecule has 130 valence electrons. The van der Waals surface area contributed by atoms with Crippen LogP contribution >= 0.6 is 0 Å². The molecule has 2 aromatic carbocycles. The van der Waals surface area contributed by atoms with Crippen molar-refractivity contribution in [3.8, 4) is 17.0 Å². The lowest BCUT2D eigenvalue weighted by molar-refractivity contribution is 0.187. The number of nitrogens with one attached hydrogen (secondary N) is 2. The minimum Gasteiger partial charge on any atom is -0.497 e. The monoisotopic (exact) mass is 337 g/mol. The van der Waals surface area contributed by atoms with Gasteiger partial charge in [0.2, 0.25) is 0 Å². The first kappa shape index (κ1) is 17.2. The Kier molecular flexibility index (Phi) is 5.48. The molecule has 5 nitrogen and oxygen atoms in total. The molecule has 0 bridgehead atoms. The zero-order chi connectivity index (χ0) is 17.6. The molecule has 3 aromatic rings. The highest BCUT2D eigenvalue weighted by Gasteiger charge is 2.09. The van der Waals surface area contributed by atoms with Crippen LogP contribution in [0.1, 0.15) is 0 Å². The normalized spacial score (nSPS) is 12.1. The van der Waals surface area contributed by atoms with Gasteiger partial charge in [0.25, 0.3) is 0 Å². The molecule has 0 unspecified atom stereocenters. The molecule has 0 aliphatic heterocycles. The molecule has 25 heavy (non-hydrogen) atoms. The first-order valence-corrected chi connectivity index (χ1v) is 8.32. The largest absolute Gasteiger partial charge is 0.497 e. The number of hydrogen-bond donors (Lipinski definition) is 3. The Bertz CT molecular complexity index is 834. The van der Waals surface area contributed by atoms with Crippen LogP contribution in [-0.4, -0.2) is 43.4 Å². The first-order valence-electron chi connectivity index (χ1n) is 8.32. The summed E-state index contributed by atoms with van der Waals surface area (Å²) in [5.41, 5.74) is 3.78. The number of aliphatic hydroxyl groups is 1. The third-order valence-corrected chi connectivity index (χ3v) is 4.07. The van der Waals surface area contributed by atoms with Gasteiger partial charge in [0.1, 0.15) is 5.75 Å². The zero-order valence-corrected chi connectivity index (χ0v) is 14.5. The number of benzene rings is 2. The second-order valence-electron chi connectivity index (χ2n) is 5.89. The van der Waals surface area contributed by atoms with Crippen molar-refractivity contribution in [2.45, 2.75) is 6.10 Å². The predicted octanol–water partition coefficient (Wildman–Crippen LogP) is 2.90. The lowest BCUT2D eigenvalue weighted by Crippen LogP contribution is -2.30. The molecule has 0 fully saturated rings. The minimum atomic E-state index is -0.457. The fourth-order valence-electron chi connectivity index (χ4n) is 2.77. The average molecular weight is 337 g/mol. The Balaban J connectivity index is 1.96. The second kappa shape index (κ2) is 7.96. The first-order chi connectivity index (χ1) is 12.2. The highest BCUT2D eigenvalue weighted by Crippen LogP contribution is 2.29. The van der Waals surface area contributed by atoms with Crippen LogP contribution < -0.4 is 15.4 Å². The molecule has 3 N–H and O–H groups in total. The molecule has 1 atom stereocenters. The fraction of sp³-hybridized carbons (Fsp3) is 0.250. The number of pyridine rings is 1. The summed E-state index contributed by atoms with van der Waals surface area (Å²) in [4.78, 5) is 4.77. The molecule has 0 spiro atoms. The number of fused-ring (bicyclic) bond motifs is 1. The summed E-state index contributed by atoms with van der Waals surface area (Å²) in [6, 6.07) is 17.9. The summed E-state index contributed by atoms with van der Waals surface area (Å²) >= 11 is 0. The average Bonchev–Trinajstić information content (AvgIpc) is 2.66. The molecule has 0 radical (unpaired) electrons. The summed E-state index contributed by atoms with van der Waals surface area (Å²) in [5.74, 6) is 0.818. The molecule has 0 amide bonds. The molecule has 1 heterocycles. The van der Waals surface area contributed by atoms with Crippen LogP contribution in [0.3, 0.4) is 0 Å². The Morgan fingerprint density at radius 1 is 1.08 bits per heavy atom. The number of likely N-dealkylation sites (N-methyl/N-ethyl adjacent to an activating group) is 1. The summed E-state index contributed by atoms with van der Waals surface area (Å²) in [6.45, 7) is 1.01. The smallest absolute Gasteiger partial charge is 0.118 e. The van der Waals surface area contributed by atoms with Crippen molar-refractivity contribution in [3.05, 3.63) is 54.6 Å². The maximum atomic E-state index is 9.97. The second-order valence-corrected chi connectivity index (χ2v) is 5.89. The van der Waals surface area contributed by atoms with E-state index in [1.54, 1.807) is 7.11 Å². The Labute approximate surface area is 147 Å². The third kappa shape index (κ3) is 4.07. The standard InChI is InChI=1S/C20H23N3O2/c1-21-12-15(24)13-22-20-11-19(14-7-9-16(25-2)10-8-14)23-18-6-4-3-5-17(18)20/h3-11,15,21,24H,12-13H2,1-2H3,(H,22,23)/t15-/m0/s1. The van der Waals surface area contributed by atoms with E-state index >= 15 is 0 Å². The van der Waals surface area contributed by atoms with Crippen molar-refractivity contribution in [3.63, 3.8) is 0 Å². The summed E-state index contributed by atoms with van der Waals surface area (Å²) in [5, 5.41) is 17.3. The Morgan fingerprint density at radius 2 is 1.84 bits per heavy atom. The van der Waals surface area contributed by atoms with E-state index in [9.17, 15) is 5.11 Å². The van der Waals surface area contributed by atoms with E-state index in [2.05, 4.69) is 10.6 Å². The van der Waals surface area contributed by atoms with E-state index in [4.69, 9.17) is 9.72 Å². The number of aromatic nitrogens is 1. The van der Waals surface area contributed by atoms with Crippen LogP contribution in [0.5, 0.6) is 5.75 Å². The maximum absolute atomic E-state index is 9.97. The number of rotatable bonds is 7. The fourth-order valence-corrected chi connectivity index (χ4v) is 2.77. The van der Waals surface area contributed by atoms with E-state index in [1.165, 1.54) is 0 Å². The molecular weight excluding hydrogens is 314 g/mol. The van der Waals surface area contributed by atoms with E-state index in [0.717, 1.165) is 33.6 Å². The highest BCUT2D eigenvalue weighted by atomic mass is 16.5. The van der Waals surface area contributed by atoms with Gasteiger partial charge in [-0.15, -0.1) is 0 Å². The molecule has 5 heteroatoms. The molecule has 1 aromatic heterocycles. The van der Waals surface area contributed by atoms with Gasteiger partial charge in [-0.05, 0) is 43.4 Å². The van der Waals surface area contributed by atoms with Crippen LogP contribution in [0.2, 0.25) is 0 Å². The van der Waals surface area contributed by atoms with Crippen LogP contribution in [0.4, 0.5) is 5.69 Å². The van der Waals surface area contributed by atoms with Gasteiger partial charge in [0.05, 0.1) is 24.4 Å². The van der Waals surface area contributed by atoms with E-state index in [0.29, 0.717) is 13.1 Å². The number of hydrogen-bond acceptors (Lipinski definition) is 5. The van der Waals surface area contributed by atoms with Gasteiger partial charge in [-0.3, -0.25) is 0 Å². The van der Waals surface area contributed by atoms with Crippen molar-refractivity contribution in [2.75, 3.05) is 32.6 Å². The molecule has 0 saturated heterocycles. The topological polar surface area (TPSA) is 66.4 Å². The van der Waals surface area contributed by atoms with Gasteiger partial charge in [-0.25, -0.2) is 4.98 Å². The highest BCUT2D eigenvalue weighted by molar-refractivity contribution is 5.93. The Hall–Kier alpha value is -2.63. The number of para-hydroxylation sites is 1. The molecule has 0 saturated carbocycles. The number of methoxy groups -OCH3 is 1. The SMILES string of the molecule is CNC[C@H](O)CNc1cc(-c2ccc(OC)cc2)nc2ccccc12. The van der Waals surface area contributed by atoms with E-state index in [1.807, 2.05) is 61.6 Å². The van der Waals surface area contributed by atoms with Crippen LogP contribution in [0, 0.1) is 0 Å². The van der Waals surface area contributed by atoms with Gasteiger partial charge in [-0.1, -0.05) is 18.2 Å². The summed E-state index contributed by atoms with van der Waals surface area (Å²) < 4.78 is 5.22. The Morgan fingerprint density at radius 3 is 2.56 bits per heavy atom. The van der Waals surface area contributed by atoms with Gasteiger partial charge in [0, 0.05) is 29.7 Å². The van der Waals surface area contributed by atoms with Gasteiger partial charge >= 0.3 is 0 Å². The molecule has 3 rings (SSSR count). The van der Waals surface area contributed by atoms with Gasteiger partial charge in [0.15, 0.2) is 0 Å². The van der Waals surface area contributed by atoms with E-state index in [-0.39, 0.29) is 0 Å². The minimum absolute atomic E-state index is 0.457. The van der Waals surface area contributed by atoms with Gasteiger partial charge < -0.3 is 20.5 Å². The van der Waals surface area contributed by atoms with Crippen LogP contribution in [0.25, 0.3) is 22.2 Å². The van der Waals surface area contributed by atoms with Crippen molar-refractivity contribution in [1.29, 1.82) is 0 Å². The number of anilines is 1. The quantitative estimate of drug-likeness (QED) is 0.619. The lowest BCUT2D eigenvalue weighted by Gasteiger charge is -2.15.